The lowest BCUT2D eigenvalue weighted by Gasteiger charge is -2.12. The molecule has 0 unspecified atom stereocenters. The number of carboxylic acid groups (broad SMARTS) is 1. The van der Waals surface area contributed by atoms with Gasteiger partial charge < -0.3 is 9.67 Å². The maximum absolute atomic E-state index is 11.0. The average molecular weight is 193 g/mol. The average Bonchev–Trinajstić information content (AvgIpc) is 2.83. The smallest absolute Gasteiger partial charge is 0.337 e. The molecule has 0 radical (unpaired) electrons. The van der Waals surface area contributed by atoms with Crippen molar-refractivity contribution in [2.24, 2.45) is 0 Å². The normalized spacial score (nSPS) is 16.2. The van der Waals surface area contributed by atoms with Crippen molar-refractivity contribution in [1.82, 2.24) is 4.57 Å². The first-order chi connectivity index (χ1) is 6.61. The summed E-state index contributed by atoms with van der Waals surface area (Å²) in [6.45, 7) is 4.08. The number of rotatable bonds is 3. The Morgan fingerprint density at radius 1 is 1.57 bits per heavy atom. The molecular weight excluding hydrogens is 178 g/mol. The lowest BCUT2D eigenvalue weighted by atomic mass is 10.1. The van der Waals surface area contributed by atoms with Crippen molar-refractivity contribution < 1.29 is 9.90 Å². The van der Waals surface area contributed by atoms with Gasteiger partial charge >= 0.3 is 5.97 Å². The summed E-state index contributed by atoms with van der Waals surface area (Å²) < 4.78 is 2.13. The topological polar surface area (TPSA) is 42.2 Å². The molecule has 0 spiro atoms. The zero-order chi connectivity index (χ0) is 10.3. The van der Waals surface area contributed by atoms with Crippen molar-refractivity contribution in [2.45, 2.75) is 38.6 Å². The highest BCUT2D eigenvalue weighted by Crippen LogP contribution is 2.38. The van der Waals surface area contributed by atoms with E-state index >= 15 is 0 Å². The van der Waals surface area contributed by atoms with Gasteiger partial charge in [0.15, 0.2) is 0 Å². The Kier molecular flexibility index (Phi) is 2.10. The summed E-state index contributed by atoms with van der Waals surface area (Å²) in [6.07, 6.45) is 4.29. The SMILES string of the molecule is CC(C)c1c(C(=O)O)ccn1C1CC1. The van der Waals surface area contributed by atoms with Gasteiger partial charge in [-0.05, 0) is 24.8 Å². The molecule has 1 heterocycles. The Morgan fingerprint density at radius 3 is 2.64 bits per heavy atom. The maximum atomic E-state index is 11.0. The molecule has 0 aromatic carbocycles. The molecule has 1 saturated carbocycles. The maximum Gasteiger partial charge on any atom is 0.337 e. The van der Waals surface area contributed by atoms with Gasteiger partial charge in [0.25, 0.3) is 0 Å². The minimum absolute atomic E-state index is 0.275. The predicted molar refractivity (Wildman–Crippen MR) is 53.8 cm³/mol. The van der Waals surface area contributed by atoms with Gasteiger partial charge in [-0.25, -0.2) is 4.79 Å². The van der Waals surface area contributed by atoms with Gasteiger partial charge in [-0.15, -0.1) is 0 Å². The van der Waals surface area contributed by atoms with Crippen LogP contribution in [0, 0.1) is 0 Å². The summed E-state index contributed by atoms with van der Waals surface area (Å²) >= 11 is 0. The number of hydrogen-bond acceptors (Lipinski definition) is 1. The van der Waals surface area contributed by atoms with E-state index in [1.165, 1.54) is 12.8 Å². The van der Waals surface area contributed by atoms with Crippen LogP contribution in [0.15, 0.2) is 12.3 Å². The molecule has 1 aromatic rings. The third-order valence-corrected chi connectivity index (χ3v) is 2.67. The predicted octanol–water partition coefficient (Wildman–Crippen LogP) is 2.64. The monoisotopic (exact) mass is 193 g/mol. The van der Waals surface area contributed by atoms with Crippen LogP contribution in [-0.2, 0) is 0 Å². The lowest BCUT2D eigenvalue weighted by Crippen LogP contribution is -2.07. The van der Waals surface area contributed by atoms with Crippen LogP contribution in [0.25, 0.3) is 0 Å². The Balaban J connectivity index is 2.46. The minimum atomic E-state index is -0.812. The highest BCUT2D eigenvalue weighted by atomic mass is 16.4. The van der Waals surface area contributed by atoms with E-state index in [-0.39, 0.29) is 5.92 Å². The molecule has 1 aliphatic carbocycles. The molecule has 0 amide bonds. The summed E-state index contributed by atoms with van der Waals surface area (Å²) in [5.74, 6) is -0.537. The van der Waals surface area contributed by atoms with Crippen molar-refractivity contribution in [2.75, 3.05) is 0 Å². The molecule has 76 valence electrons. The molecule has 1 aliphatic rings. The molecule has 1 fully saturated rings. The zero-order valence-electron chi connectivity index (χ0n) is 8.53. The first-order valence-corrected chi connectivity index (χ1v) is 5.05. The molecule has 1 aromatic heterocycles. The summed E-state index contributed by atoms with van der Waals surface area (Å²) in [6, 6.07) is 2.27. The second-order valence-corrected chi connectivity index (χ2v) is 4.21. The third kappa shape index (κ3) is 1.43. The number of nitrogens with zero attached hydrogens (tertiary/aromatic N) is 1. The summed E-state index contributed by atoms with van der Waals surface area (Å²) in [5, 5.41) is 9.02. The number of carbonyl (C=O) groups is 1. The molecule has 0 bridgehead atoms. The minimum Gasteiger partial charge on any atom is -0.478 e. The van der Waals surface area contributed by atoms with Crippen LogP contribution < -0.4 is 0 Å². The van der Waals surface area contributed by atoms with E-state index in [1.54, 1.807) is 6.07 Å². The van der Waals surface area contributed by atoms with Crippen LogP contribution in [0.3, 0.4) is 0 Å². The zero-order valence-corrected chi connectivity index (χ0v) is 8.53. The van der Waals surface area contributed by atoms with Crippen molar-refractivity contribution in [3.8, 4) is 0 Å². The van der Waals surface area contributed by atoms with Gasteiger partial charge in [0.2, 0.25) is 0 Å². The second kappa shape index (κ2) is 3.15. The number of hydrogen-bond donors (Lipinski definition) is 1. The fourth-order valence-corrected chi connectivity index (χ4v) is 1.92. The molecule has 3 nitrogen and oxygen atoms in total. The van der Waals surface area contributed by atoms with Crippen molar-refractivity contribution in [3.63, 3.8) is 0 Å². The Hall–Kier alpha value is -1.25. The third-order valence-electron chi connectivity index (χ3n) is 2.67. The van der Waals surface area contributed by atoms with Crippen LogP contribution in [0.4, 0.5) is 0 Å². The van der Waals surface area contributed by atoms with Gasteiger partial charge in [-0.1, -0.05) is 13.8 Å². The Labute approximate surface area is 83.4 Å². The van der Waals surface area contributed by atoms with Crippen LogP contribution in [0.5, 0.6) is 0 Å². The molecule has 0 atom stereocenters. The number of aromatic nitrogens is 1. The summed E-state index contributed by atoms with van der Waals surface area (Å²) in [5.41, 5.74) is 1.44. The molecule has 0 aliphatic heterocycles. The van der Waals surface area contributed by atoms with Crippen molar-refractivity contribution in [3.05, 3.63) is 23.5 Å². The van der Waals surface area contributed by atoms with Crippen molar-refractivity contribution in [1.29, 1.82) is 0 Å². The summed E-state index contributed by atoms with van der Waals surface area (Å²) in [7, 11) is 0. The van der Waals surface area contributed by atoms with Gasteiger partial charge in [0.1, 0.15) is 0 Å². The van der Waals surface area contributed by atoms with E-state index in [4.69, 9.17) is 5.11 Å². The van der Waals surface area contributed by atoms with E-state index in [0.717, 1.165) is 5.69 Å². The van der Waals surface area contributed by atoms with E-state index in [0.29, 0.717) is 11.6 Å². The fourth-order valence-electron chi connectivity index (χ4n) is 1.92. The van der Waals surface area contributed by atoms with E-state index in [9.17, 15) is 4.79 Å². The fraction of sp³-hybridized carbons (Fsp3) is 0.545. The quantitative estimate of drug-likeness (QED) is 0.801. The van der Waals surface area contributed by atoms with Crippen LogP contribution >= 0.6 is 0 Å². The molecule has 1 N–H and O–H groups in total. The molecular formula is C11H15NO2. The second-order valence-electron chi connectivity index (χ2n) is 4.21. The van der Waals surface area contributed by atoms with Crippen LogP contribution in [0.2, 0.25) is 0 Å². The van der Waals surface area contributed by atoms with Gasteiger partial charge in [-0.2, -0.15) is 0 Å². The summed E-state index contributed by atoms with van der Waals surface area (Å²) in [4.78, 5) is 11.0. The number of aromatic carboxylic acids is 1. The number of carboxylic acids is 1. The molecule has 2 rings (SSSR count). The molecule has 14 heavy (non-hydrogen) atoms. The molecule has 0 saturated heterocycles. The Bertz CT molecular complexity index is 361. The highest BCUT2D eigenvalue weighted by molar-refractivity contribution is 5.89. The van der Waals surface area contributed by atoms with Gasteiger partial charge in [-0.3, -0.25) is 0 Å². The van der Waals surface area contributed by atoms with E-state index in [2.05, 4.69) is 4.57 Å². The Morgan fingerprint density at radius 2 is 2.21 bits per heavy atom. The van der Waals surface area contributed by atoms with Gasteiger partial charge in [0, 0.05) is 17.9 Å². The first-order valence-electron chi connectivity index (χ1n) is 5.05. The van der Waals surface area contributed by atoms with E-state index < -0.39 is 5.97 Å². The standard InChI is InChI=1S/C11H15NO2/c1-7(2)10-9(11(13)14)5-6-12(10)8-3-4-8/h5-8H,3-4H2,1-2H3,(H,13,14). The highest BCUT2D eigenvalue weighted by Gasteiger charge is 2.28. The molecule has 3 heteroatoms. The van der Waals surface area contributed by atoms with Crippen LogP contribution in [-0.4, -0.2) is 15.6 Å². The van der Waals surface area contributed by atoms with Crippen molar-refractivity contribution >= 4 is 5.97 Å². The first kappa shape index (κ1) is 9.31. The van der Waals surface area contributed by atoms with Gasteiger partial charge in [0.05, 0.1) is 5.56 Å². The van der Waals surface area contributed by atoms with Crippen LogP contribution in [0.1, 0.15) is 54.7 Å². The van der Waals surface area contributed by atoms with E-state index in [1.807, 2.05) is 20.0 Å². The largest absolute Gasteiger partial charge is 0.478 e. The lowest BCUT2D eigenvalue weighted by molar-refractivity contribution is 0.0695.